The van der Waals surface area contributed by atoms with E-state index < -0.39 is 11.8 Å². The summed E-state index contributed by atoms with van der Waals surface area (Å²) in [7, 11) is 4.48. The average molecular weight is 637 g/mol. The lowest BCUT2D eigenvalue weighted by Gasteiger charge is -2.15. The molecule has 3 amide bonds. The molecule has 5 rings (SSSR count). The third kappa shape index (κ3) is 7.88. The number of hydrogen-bond donors (Lipinski definition) is 4. The maximum atomic E-state index is 13.6. The Kier molecular flexibility index (Phi) is 10.3. The van der Waals surface area contributed by atoms with Crippen molar-refractivity contribution < 1.29 is 28.6 Å². The Labute approximate surface area is 270 Å². The van der Waals surface area contributed by atoms with Gasteiger partial charge in [-0.15, -0.1) is 11.8 Å². The van der Waals surface area contributed by atoms with Gasteiger partial charge in [0, 0.05) is 33.5 Å². The van der Waals surface area contributed by atoms with Gasteiger partial charge in [0.1, 0.15) is 5.70 Å². The molecule has 0 bridgehead atoms. The summed E-state index contributed by atoms with van der Waals surface area (Å²) in [5.74, 6) is 0.162. The first-order chi connectivity index (χ1) is 22.4. The van der Waals surface area contributed by atoms with Crippen LogP contribution in [0.2, 0.25) is 0 Å². The molecule has 1 aromatic heterocycles. The van der Waals surface area contributed by atoms with E-state index in [1.54, 1.807) is 60.7 Å². The minimum absolute atomic E-state index is 0.0143. The fraction of sp³-hybridized carbons (Fsp3) is 0.114. The Morgan fingerprint density at radius 2 is 1.52 bits per heavy atom. The number of rotatable bonds is 12. The van der Waals surface area contributed by atoms with E-state index in [0.29, 0.717) is 39.8 Å². The number of amides is 3. The highest BCUT2D eigenvalue weighted by atomic mass is 32.2. The number of carbonyl (C=O) groups is 3. The average Bonchev–Trinajstić information content (AvgIpc) is 3.55. The summed E-state index contributed by atoms with van der Waals surface area (Å²) in [5.41, 5.74) is 3.02. The van der Waals surface area contributed by atoms with Crippen LogP contribution in [0.15, 0.2) is 108 Å². The van der Waals surface area contributed by atoms with Crippen molar-refractivity contribution in [1.82, 2.24) is 10.3 Å². The number of fused-ring (bicyclic) bond motifs is 1. The van der Waals surface area contributed by atoms with Crippen molar-refractivity contribution in [3.05, 3.63) is 114 Å². The van der Waals surface area contributed by atoms with E-state index in [2.05, 4.69) is 20.9 Å². The summed E-state index contributed by atoms with van der Waals surface area (Å²) >= 11 is 1.33. The zero-order chi connectivity index (χ0) is 32.5. The molecule has 1 heterocycles. The molecule has 0 radical (unpaired) electrons. The van der Waals surface area contributed by atoms with E-state index in [9.17, 15) is 14.4 Å². The van der Waals surface area contributed by atoms with Crippen molar-refractivity contribution in [3.63, 3.8) is 0 Å². The summed E-state index contributed by atoms with van der Waals surface area (Å²) in [6, 6.07) is 26.7. The van der Waals surface area contributed by atoms with Crippen LogP contribution in [0.3, 0.4) is 0 Å². The van der Waals surface area contributed by atoms with Gasteiger partial charge in [-0.25, -0.2) is 0 Å². The number of anilines is 2. The van der Waals surface area contributed by atoms with Gasteiger partial charge >= 0.3 is 0 Å². The van der Waals surface area contributed by atoms with Crippen LogP contribution in [0.5, 0.6) is 17.2 Å². The van der Waals surface area contributed by atoms with E-state index >= 15 is 0 Å². The molecule has 0 atom stereocenters. The van der Waals surface area contributed by atoms with E-state index in [1.807, 2.05) is 36.5 Å². The van der Waals surface area contributed by atoms with Gasteiger partial charge in [0.2, 0.25) is 11.7 Å². The van der Waals surface area contributed by atoms with Gasteiger partial charge in [-0.05, 0) is 77.7 Å². The van der Waals surface area contributed by atoms with Crippen LogP contribution in [0.25, 0.3) is 17.0 Å². The van der Waals surface area contributed by atoms with Gasteiger partial charge < -0.3 is 35.1 Å². The van der Waals surface area contributed by atoms with Crippen LogP contribution >= 0.6 is 11.8 Å². The highest BCUT2D eigenvalue weighted by molar-refractivity contribution is 8.00. The topological polar surface area (TPSA) is 131 Å². The lowest BCUT2D eigenvalue weighted by molar-refractivity contribution is -0.114. The lowest BCUT2D eigenvalue weighted by atomic mass is 10.1. The van der Waals surface area contributed by atoms with Crippen LogP contribution in [0.4, 0.5) is 11.4 Å². The zero-order valence-corrected chi connectivity index (χ0v) is 26.2. The number of hydrogen-bond acceptors (Lipinski definition) is 7. The first-order valence-electron chi connectivity index (χ1n) is 14.2. The second kappa shape index (κ2) is 14.9. The predicted molar refractivity (Wildman–Crippen MR) is 181 cm³/mol. The number of nitrogens with one attached hydrogen (secondary N) is 4. The Hall–Kier alpha value is -5.68. The Morgan fingerprint density at radius 1 is 0.783 bits per heavy atom. The SMILES string of the molecule is COc1cc(/C=C(/NC(=O)c2ccccc2)C(=O)Nc2cccc(SCC(=O)Nc3ccc4cc[nH]c4c3)c2)cc(OC)c1OC. The molecule has 46 heavy (non-hydrogen) atoms. The summed E-state index contributed by atoms with van der Waals surface area (Å²) in [6.07, 6.45) is 3.37. The largest absolute Gasteiger partial charge is 0.493 e. The van der Waals surface area contributed by atoms with Gasteiger partial charge in [-0.1, -0.05) is 30.3 Å². The normalized spacial score (nSPS) is 11.1. The molecule has 0 fully saturated rings. The van der Waals surface area contributed by atoms with Crippen LogP contribution < -0.4 is 30.2 Å². The second-order valence-corrected chi connectivity index (χ2v) is 11.0. The molecule has 4 aromatic carbocycles. The summed E-state index contributed by atoms with van der Waals surface area (Å²) < 4.78 is 16.3. The number of methoxy groups -OCH3 is 3. The van der Waals surface area contributed by atoms with Crippen molar-refractivity contribution in [2.75, 3.05) is 37.7 Å². The molecule has 0 aliphatic heterocycles. The van der Waals surface area contributed by atoms with Crippen molar-refractivity contribution in [2.24, 2.45) is 0 Å². The van der Waals surface area contributed by atoms with E-state index in [4.69, 9.17) is 14.2 Å². The monoisotopic (exact) mass is 636 g/mol. The van der Waals surface area contributed by atoms with Gasteiger partial charge in [-0.2, -0.15) is 0 Å². The molecule has 5 aromatic rings. The molecule has 0 saturated heterocycles. The minimum Gasteiger partial charge on any atom is -0.493 e. The predicted octanol–water partition coefficient (Wildman–Crippen LogP) is 6.33. The van der Waals surface area contributed by atoms with Crippen LogP contribution in [0.1, 0.15) is 15.9 Å². The molecule has 234 valence electrons. The number of ether oxygens (including phenoxy) is 3. The molecule has 11 heteroatoms. The van der Waals surface area contributed by atoms with Gasteiger partial charge in [0.05, 0.1) is 27.1 Å². The van der Waals surface area contributed by atoms with Crippen LogP contribution in [-0.2, 0) is 9.59 Å². The molecule has 0 aliphatic carbocycles. The lowest BCUT2D eigenvalue weighted by Crippen LogP contribution is -2.30. The summed E-state index contributed by atoms with van der Waals surface area (Å²) in [4.78, 5) is 43.3. The van der Waals surface area contributed by atoms with Crippen LogP contribution in [-0.4, -0.2) is 49.8 Å². The number of aromatic nitrogens is 1. The number of H-pyrrole nitrogens is 1. The Bertz CT molecular complexity index is 1880. The fourth-order valence-electron chi connectivity index (χ4n) is 4.63. The van der Waals surface area contributed by atoms with Gasteiger partial charge in [-0.3, -0.25) is 14.4 Å². The van der Waals surface area contributed by atoms with E-state index in [1.165, 1.54) is 39.2 Å². The maximum Gasteiger partial charge on any atom is 0.272 e. The highest BCUT2D eigenvalue weighted by Gasteiger charge is 2.18. The van der Waals surface area contributed by atoms with Crippen molar-refractivity contribution in [2.45, 2.75) is 4.90 Å². The second-order valence-electron chi connectivity index (χ2n) is 9.94. The van der Waals surface area contributed by atoms with Crippen LogP contribution in [0, 0.1) is 0 Å². The Morgan fingerprint density at radius 3 is 2.24 bits per heavy atom. The standard InChI is InChI=1S/C35H32N4O6S/c1-43-30-17-22(18-31(44-2)33(30)45-3)16-29(39-34(41)24-8-5-4-6-9-24)35(42)38-25-10-7-11-27(19-25)46-21-32(40)37-26-13-12-23-14-15-36-28(23)20-26/h4-20,36H,21H2,1-3H3,(H,37,40)(H,38,42)(H,39,41)/b29-16+. The fourth-order valence-corrected chi connectivity index (χ4v) is 5.38. The minimum atomic E-state index is -0.558. The zero-order valence-electron chi connectivity index (χ0n) is 25.4. The molecule has 0 saturated carbocycles. The number of aromatic amines is 1. The molecular formula is C35H32N4O6S. The number of thioether (sulfide) groups is 1. The number of carbonyl (C=O) groups excluding carboxylic acids is 3. The molecule has 0 aliphatic rings. The first-order valence-corrected chi connectivity index (χ1v) is 15.1. The van der Waals surface area contributed by atoms with Crippen molar-refractivity contribution in [1.29, 1.82) is 0 Å². The van der Waals surface area contributed by atoms with E-state index in [0.717, 1.165) is 15.8 Å². The molecular weight excluding hydrogens is 604 g/mol. The molecule has 10 nitrogen and oxygen atoms in total. The van der Waals surface area contributed by atoms with Gasteiger partial charge in [0.15, 0.2) is 11.5 Å². The van der Waals surface area contributed by atoms with Gasteiger partial charge in [0.25, 0.3) is 11.8 Å². The van der Waals surface area contributed by atoms with Crippen molar-refractivity contribution >= 4 is 57.8 Å². The van der Waals surface area contributed by atoms with Crippen molar-refractivity contribution in [3.8, 4) is 17.2 Å². The molecule has 4 N–H and O–H groups in total. The third-order valence-corrected chi connectivity index (χ3v) is 7.82. The third-order valence-electron chi connectivity index (χ3n) is 6.83. The number of benzene rings is 4. The first kappa shape index (κ1) is 31.7. The molecule has 0 unspecified atom stereocenters. The summed E-state index contributed by atoms with van der Waals surface area (Å²) in [5, 5.41) is 9.56. The Balaban J connectivity index is 1.32. The smallest absolute Gasteiger partial charge is 0.272 e. The maximum absolute atomic E-state index is 13.6. The van der Waals surface area contributed by atoms with E-state index in [-0.39, 0.29) is 17.4 Å². The highest BCUT2D eigenvalue weighted by Crippen LogP contribution is 2.38. The summed E-state index contributed by atoms with van der Waals surface area (Å²) in [6.45, 7) is 0. The quantitative estimate of drug-likeness (QED) is 0.0930. The molecule has 0 spiro atoms.